The molecule has 0 N–H and O–H groups in total. The van der Waals surface area contributed by atoms with Gasteiger partial charge in [-0.2, -0.15) is 0 Å². The lowest BCUT2D eigenvalue weighted by Crippen LogP contribution is -2.40. The smallest absolute Gasteiger partial charge is 0.257 e. The van der Waals surface area contributed by atoms with E-state index in [0.717, 1.165) is 115 Å². The number of likely N-dealkylation sites (tertiary alicyclic amines) is 1. The van der Waals surface area contributed by atoms with Crippen LogP contribution < -0.4 is 0 Å². The van der Waals surface area contributed by atoms with E-state index < -0.39 is 0 Å². The molecule has 3 aliphatic heterocycles. The Morgan fingerprint density at radius 3 is 2.24 bits per heavy atom. The lowest BCUT2D eigenvalue weighted by atomic mass is 9.93. The van der Waals surface area contributed by atoms with E-state index in [4.69, 9.17) is 13.9 Å². The van der Waals surface area contributed by atoms with Crippen LogP contribution in [-0.4, -0.2) is 92.8 Å². The second kappa shape index (κ2) is 10.1. The van der Waals surface area contributed by atoms with Gasteiger partial charge in [0.1, 0.15) is 11.5 Å². The lowest BCUT2D eigenvalue weighted by molar-refractivity contribution is 0.0312. The van der Waals surface area contributed by atoms with Gasteiger partial charge in [-0.05, 0) is 44.7 Å². The number of ether oxygens (including phenoxy) is 2. The Labute approximate surface area is 173 Å². The highest BCUT2D eigenvalue weighted by Crippen LogP contribution is 2.25. The van der Waals surface area contributed by atoms with Crippen molar-refractivity contribution in [2.24, 2.45) is 5.92 Å². The Bertz CT molecular complexity index is 657. The highest BCUT2D eigenvalue weighted by Gasteiger charge is 2.27. The van der Waals surface area contributed by atoms with Gasteiger partial charge < -0.3 is 18.8 Å². The van der Waals surface area contributed by atoms with Crippen LogP contribution >= 0.6 is 0 Å². The Morgan fingerprint density at radius 1 is 0.966 bits per heavy atom. The molecule has 7 heteroatoms. The summed E-state index contributed by atoms with van der Waals surface area (Å²) in [7, 11) is 0. The third kappa shape index (κ3) is 5.60. The molecule has 4 heterocycles. The zero-order valence-electron chi connectivity index (χ0n) is 17.7. The molecule has 162 valence electrons. The number of furan rings is 1. The van der Waals surface area contributed by atoms with Crippen molar-refractivity contribution in [1.29, 1.82) is 0 Å². The van der Waals surface area contributed by atoms with Crippen LogP contribution in [0.2, 0.25) is 0 Å². The molecule has 3 fully saturated rings. The third-order valence-electron chi connectivity index (χ3n) is 6.54. The molecule has 0 aliphatic carbocycles. The zero-order chi connectivity index (χ0) is 20.1. The first-order chi connectivity index (χ1) is 14.2. The quantitative estimate of drug-likeness (QED) is 0.722. The van der Waals surface area contributed by atoms with Crippen LogP contribution in [-0.2, 0) is 16.0 Å². The van der Waals surface area contributed by atoms with Gasteiger partial charge in [-0.3, -0.25) is 14.6 Å². The largest absolute Gasteiger partial charge is 0.464 e. The lowest BCUT2D eigenvalue weighted by Gasteiger charge is -2.34. The summed E-state index contributed by atoms with van der Waals surface area (Å²) in [5.74, 6) is 2.48. The molecule has 3 aliphatic rings. The minimum atomic E-state index is 0.131. The summed E-state index contributed by atoms with van der Waals surface area (Å²) in [6.45, 7) is 12.8. The summed E-state index contributed by atoms with van der Waals surface area (Å²) >= 11 is 0. The van der Waals surface area contributed by atoms with Crippen molar-refractivity contribution >= 4 is 5.91 Å². The van der Waals surface area contributed by atoms with E-state index in [0.29, 0.717) is 0 Å². The second-order valence-electron chi connectivity index (χ2n) is 8.55. The first kappa shape index (κ1) is 20.8. The summed E-state index contributed by atoms with van der Waals surface area (Å²) in [6, 6.07) is 1.96. The van der Waals surface area contributed by atoms with Crippen molar-refractivity contribution in [3.8, 4) is 0 Å². The molecule has 1 amide bonds. The molecule has 0 aromatic carbocycles. The van der Waals surface area contributed by atoms with Crippen LogP contribution in [0.5, 0.6) is 0 Å². The third-order valence-corrected chi connectivity index (χ3v) is 6.54. The Balaban J connectivity index is 1.24. The van der Waals surface area contributed by atoms with Gasteiger partial charge in [-0.15, -0.1) is 0 Å². The Morgan fingerprint density at radius 2 is 1.59 bits per heavy atom. The molecule has 1 aromatic rings. The topological polar surface area (TPSA) is 58.4 Å². The van der Waals surface area contributed by atoms with Crippen LogP contribution in [0.25, 0.3) is 0 Å². The maximum atomic E-state index is 13.0. The standard InChI is InChI=1S/C22H35N3O4/c1-18-21(16-20(29-18)17-24-10-14-28-15-11-24)22(26)25-6-3-19(4-7-25)2-5-23-8-12-27-13-9-23/h16,19H,2-15,17H2,1H3. The minimum absolute atomic E-state index is 0.131. The van der Waals surface area contributed by atoms with Gasteiger partial charge >= 0.3 is 0 Å². The fourth-order valence-electron chi connectivity index (χ4n) is 4.60. The first-order valence-electron chi connectivity index (χ1n) is 11.2. The number of rotatable bonds is 6. The maximum Gasteiger partial charge on any atom is 0.257 e. The number of hydrogen-bond acceptors (Lipinski definition) is 6. The van der Waals surface area contributed by atoms with Crippen LogP contribution in [0.3, 0.4) is 0 Å². The monoisotopic (exact) mass is 405 g/mol. The number of piperidine rings is 1. The average molecular weight is 406 g/mol. The van der Waals surface area contributed by atoms with Crippen LogP contribution in [0.15, 0.2) is 10.5 Å². The fraction of sp³-hybridized carbons (Fsp3) is 0.773. The van der Waals surface area contributed by atoms with Gasteiger partial charge in [0.05, 0.1) is 38.5 Å². The molecule has 0 spiro atoms. The van der Waals surface area contributed by atoms with E-state index in [-0.39, 0.29) is 5.91 Å². The van der Waals surface area contributed by atoms with E-state index in [2.05, 4.69) is 9.80 Å². The van der Waals surface area contributed by atoms with Gasteiger partial charge in [0.15, 0.2) is 0 Å². The molecular formula is C22H35N3O4. The average Bonchev–Trinajstić information content (AvgIpc) is 3.13. The molecule has 3 saturated heterocycles. The Hall–Kier alpha value is -1.41. The molecule has 0 saturated carbocycles. The molecule has 0 bridgehead atoms. The van der Waals surface area contributed by atoms with E-state index in [1.54, 1.807) is 0 Å². The fourth-order valence-corrected chi connectivity index (χ4v) is 4.60. The first-order valence-corrected chi connectivity index (χ1v) is 11.2. The highest BCUT2D eigenvalue weighted by atomic mass is 16.5. The molecule has 0 unspecified atom stereocenters. The summed E-state index contributed by atoms with van der Waals surface area (Å²) in [4.78, 5) is 19.9. The van der Waals surface area contributed by atoms with Crippen molar-refractivity contribution < 1.29 is 18.7 Å². The highest BCUT2D eigenvalue weighted by molar-refractivity contribution is 5.95. The number of amides is 1. The zero-order valence-corrected chi connectivity index (χ0v) is 17.7. The van der Waals surface area contributed by atoms with E-state index in [1.165, 1.54) is 6.42 Å². The van der Waals surface area contributed by atoms with Crippen LogP contribution in [0.4, 0.5) is 0 Å². The van der Waals surface area contributed by atoms with Gasteiger partial charge in [0.25, 0.3) is 5.91 Å². The molecule has 7 nitrogen and oxygen atoms in total. The number of aryl methyl sites for hydroxylation is 1. The van der Waals surface area contributed by atoms with Gasteiger partial charge in [-0.1, -0.05) is 0 Å². The number of morpholine rings is 2. The van der Waals surface area contributed by atoms with Crippen molar-refractivity contribution in [1.82, 2.24) is 14.7 Å². The molecule has 0 radical (unpaired) electrons. The normalized spacial score (nSPS) is 22.9. The second-order valence-corrected chi connectivity index (χ2v) is 8.55. The summed E-state index contributed by atoms with van der Waals surface area (Å²) in [5.41, 5.74) is 0.736. The van der Waals surface area contributed by atoms with E-state index >= 15 is 0 Å². The molecule has 0 atom stereocenters. The number of carbonyl (C=O) groups is 1. The summed E-state index contributed by atoms with van der Waals surface area (Å²) in [5, 5.41) is 0. The predicted molar refractivity (Wildman–Crippen MR) is 110 cm³/mol. The van der Waals surface area contributed by atoms with Crippen molar-refractivity contribution in [3.05, 3.63) is 23.2 Å². The number of hydrogen-bond donors (Lipinski definition) is 0. The van der Waals surface area contributed by atoms with E-state index in [1.807, 2.05) is 17.9 Å². The van der Waals surface area contributed by atoms with Gasteiger partial charge in [0.2, 0.25) is 0 Å². The predicted octanol–water partition coefficient (Wildman–Crippen LogP) is 1.99. The summed E-state index contributed by atoms with van der Waals surface area (Å²) < 4.78 is 16.7. The Kier molecular flexibility index (Phi) is 7.24. The molecule has 1 aromatic heterocycles. The number of nitrogens with zero attached hydrogens (tertiary/aromatic N) is 3. The van der Waals surface area contributed by atoms with Gasteiger partial charge in [0, 0.05) is 39.3 Å². The van der Waals surface area contributed by atoms with Crippen molar-refractivity contribution in [3.63, 3.8) is 0 Å². The molecular weight excluding hydrogens is 370 g/mol. The minimum Gasteiger partial charge on any atom is -0.464 e. The van der Waals surface area contributed by atoms with Crippen molar-refractivity contribution in [2.45, 2.75) is 32.7 Å². The summed E-state index contributed by atoms with van der Waals surface area (Å²) in [6.07, 6.45) is 3.44. The SMILES string of the molecule is Cc1oc(CN2CCOCC2)cc1C(=O)N1CCC(CCN2CCOCC2)CC1. The number of carbonyl (C=O) groups excluding carboxylic acids is 1. The molecule has 29 heavy (non-hydrogen) atoms. The van der Waals surface area contributed by atoms with Crippen LogP contribution in [0, 0.1) is 12.8 Å². The van der Waals surface area contributed by atoms with Crippen molar-refractivity contribution in [2.75, 3.05) is 72.2 Å². The van der Waals surface area contributed by atoms with Crippen LogP contribution in [0.1, 0.15) is 41.1 Å². The van der Waals surface area contributed by atoms with Gasteiger partial charge in [-0.25, -0.2) is 0 Å². The maximum absolute atomic E-state index is 13.0. The molecule has 4 rings (SSSR count). The van der Waals surface area contributed by atoms with E-state index in [9.17, 15) is 4.79 Å².